The second-order valence-corrected chi connectivity index (χ2v) is 9.37. The highest BCUT2D eigenvalue weighted by Gasteiger charge is 2.39. The zero-order valence-electron chi connectivity index (χ0n) is 27.6. The third kappa shape index (κ3) is 18.4. The first kappa shape index (κ1) is 45.0. The van der Waals surface area contributed by atoms with Crippen molar-refractivity contribution in [2.24, 2.45) is 5.41 Å². The quantitative estimate of drug-likeness (QED) is 0.0886. The third-order valence-electron chi connectivity index (χ3n) is 6.66. The molecule has 1 aliphatic rings. The third-order valence-corrected chi connectivity index (χ3v) is 6.66. The van der Waals surface area contributed by atoms with Crippen molar-refractivity contribution in [3.63, 3.8) is 0 Å². The van der Waals surface area contributed by atoms with Crippen molar-refractivity contribution < 1.29 is 11.0 Å². The Balaban J connectivity index is -0.000000267. The van der Waals surface area contributed by atoms with Crippen molar-refractivity contribution in [2.45, 2.75) is 126 Å². The van der Waals surface area contributed by atoms with Crippen molar-refractivity contribution in [3.05, 3.63) is 72.4 Å². The van der Waals surface area contributed by atoms with E-state index in [4.69, 9.17) is 4.74 Å². The summed E-state index contributed by atoms with van der Waals surface area (Å²) in [5.74, 6) is 6.33. The Kier molecular flexibility index (Phi) is 32.1. The maximum Gasteiger partial charge on any atom is 0.211 e. The lowest BCUT2D eigenvalue weighted by atomic mass is 9.77. The zero-order valence-corrected chi connectivity index (χ0v) is 29.0. The molecule has 0 radical (unpaired) electrons. The average Bonchev–Trinajstić information content (AvgIpc) is 3.44. The minimum absolute atomic E-state index is 0. The standard InChI is InChI=1S/C25H36O2.C7H10.2C2H6.H3N.H3P.H2/c1-4-7-8-17-25(18-9-10-19-25)24(26)16-15-23(27-6-3)20-22-13-11-21(5-2)12-14-22;1-5-7(4)6(2)3;2*1-2;;;/h11-14,23H,4-10,17-20H2,1-3H3;5H,1-2,4H2,3H3;2*1-2H3;2*1H3;1H. The van der Waals surface area contributed by atoms with Crippen LogP contribution in [0.1, 0.15) is 119 Å². The molecule has 4 heteroatoms. The van der Waals surface area contributed by atoms with Gasteiger partial charge in [-0.3, -0.25) is 4.79 Å². The van der Waals surface area contributed by atoms with Gasteiger partial charge >= 0.3 is 0 Å². The van der Waals surface area contributed by atoms with Gasteiger partial charge in [0, 0.05) is 19.9 Å². The number of hydrogen-bond acceptors (Lipinski definition) is 3. The fourth-order valence-corrected chi connectivity index (χ4v) is 4.29. The fraction of sp³-hybridized carbons (Fsp3) is 0.583. The number of ether oxygens (including phenoxy) is 1. The summed E-state index contributed by atoms with van der Waals surface area (Å²) in [4.78, 5) is 13.0. The maximum absolute atomic E-state index is 13.0. The van der Waals surface area contributed by atoms with Gasteiger partial charge in [-0.2, -0.15) is 9.90 Å². The van der Waals surface area contributed by atoms with Crippen molar-refractivity contribution in [2.75, 3.05) is 6.61 Å². The van der Waals surface area contributed by atoms with Gasteiger partial charge in [0.25, 0.3) is 0 Å². The van der Waals surface area contributed by atoms with Crippen LogP contribution in [0.4, 0.5) is 0 Å². The molecule has 0 aromatic heterocycles. The molecular formula is C36H66NO2P. The predicted molar refractivity (Wildman–Crippen MR) is 188 cm³/mol. The van der Waals surface area contributed by atoms with E-state index in [2.05, 4.69) is 69.7 Å². The van der Waals surface area contributed by atoms with E-state index in [9.17, 15) is 4.79 Å². The Morgan fingerprint density at radius 3 is 1.95 bits per heavy atom. The van der Waals surface area contributed by atoms with E-state index in [1.54, 1.807) is 6.08 Å². The molecule has 0 bridgehead atoms. The van der Waals surface area contributed by atoms with Crippen LogP contribution in [0.5, 0.6) is 0 Å². The summed E-state index contributed by atoms with van der Waals surface area (Å²) in [5, 5.41) is 0. The Bertz CT molecular complexity index is 862. The molecule has 0 saturated heterocycles. The summed E-state index contributed by atoms with van der Waals surface area (Å²) in [7, 11) is 0. The average molecular weight is 576 g/mol. The highest BCUT2D eigenvalue weighted by Crippen LogP contribution is 2.43. The largest absolute Gasteiger partial charge is 0.365 e. The maximum atomic E-state index is 13.0. The molecule has 0 amide bonds. The number of unbranched alkanes of at least 4 members (excludes halogenated alkanes) is 2. The Labute approximate surface area is 254 Å². The van der Waals surface area contributed by atoms with Gasteiger partial charge in [0.1, 0.15) is 6.10 Å². The lowest BCUT2D eigenvalue weighted by Gasteiger charge is -2.24. The molecule has 0 aliphatic heterocycles. The minimum atomic E-state index is -0.208. The normalized spacial score (nSPS) is 12.8. The zero-order chi connectivity index (χ0) is 29.4. The van der Waals surface area contributed by atoms with Crippen molar-refractivity contribution >= 4 is 15.7 Å². The van der Waals surface area contributed by atoms with Crippen LogP contribution < -0.4 is 6.15 Å². The molecule has 2 unspecified atom stereocenters. The number of Topliss-reactive ketones (excluding diaryl/α,β-unsaturated/α-hetero) is 1. The van der Waals surface area contributed by atoms with Crippen LogP contribution >= 0.6 is 9.90 Å². The molecule has 2 rings (SSSR count). The van der Waals surface area contributed by atoms with Gasteiger partial charge in [-0.1, -0.05) is 135 Å². The summed E-state index contributed by atoms with van der Waals surface area (Å²) < 4.78 is 5.82. The molecule has 40 heavy (non-hydrogen) atoms. The molecule has 3 N–H and O–H groups in total. The first-order valence-electron chi connectivity index (χ1n) is 15.0. The second-order valence-electron chi connectivity index (χ2n) is 9.37. The molecule has 2 atom stereocenters. The van der Waals surface area contributed by atoms with Crippen LogP contribution in [-0.2, 0) is 22.4 Å². The van der Waals surface area contributed by atoms with Gasteiger partial charge in [0.2, 0.25) is 5.78 Å². The molecule has 1 saturated carbocycles. The van der Waals surface area contributed by atoms with E-state index in [0.717, 1.165) is 62.5 Å². The molecule has 1 aromatic rings. The molecule has 232 valence electrons. The molecular weight excluding hydrogens is 509 g/mol. The Hall–Kier alpha value is -1.98. The number of aryl methyl sites for hydroxylation is 1. The summed E-state index contributed by atoms with van der Waals surface area (Å²) in [6.45, 7) is 27.7. The fourth-order valence-electron chi connectivity index (χ4n) is 4.29. The van der Waals surface area contributed by atoms with Crippen LogP contribution in [0.3, 0.4) is 0 Å². The van der Waals surface area contributed by atoms with Crippen molar-refractivity contribution in [1.29, 1.82) is 0 Å². The number of allylic oxidation sites excluding steroid dienone is 3. The van der Waals surface area contributed by atoms with Gasteiger partial charge in [0.15, 0.2) is 0 Å². The predicted octanol–water partition coefficient (Wildman–Crippen LogP) is 10.7. The van der Waals surface area contributed by atoms with E-state index < -0.39 is 0 Å². The second kappa shape index (κ2) is 28.5. The van der Waals surface area contributed by atoms with E-state index in [1.807, 2.05) is 41.5 Å². The number of carbonyl (C=O) groups is 1. The lowest BCUT2D eigenvalue weighted by molar-refractivity contribution is -0.123. The first-order valence-corrected chi connectivity index (χ1v) is 15.0. The SMILES string of the molecule is C=CC(=C)C(=C)C.CC.CC.CCCCCC1(C(=O)C#CC(Cc2ccc(CC)cc2)OCC)CCCC1.N.P.[HH]. The smallest absolute Gasteiger partial charge is 0.211 e. The highest BCUT2D eigenvalue weighted by atomic mass is 31.0. The van der Waals surface area contributed by atoms with Gasteiger partial charge in [-0.05, 0) is 62.2 Å². The van der Waals surface area contributed by atoms with E-state index in [1.165, 1.54) is 24.0 Å². The first-order chi connectivity index (χ1) is 18.3. The molecule has 1 aliphatic carbocycles. The van der Waals surface area contributed by atoms with Crippen LogP contribution in [0, 0.1) is 17.3 Å². The van der Waals surface area contributed by atoms with Crippen LogP contribution in [0.25, 0.3) is 0 Å². The summed E-state index contributed by atoms with van der Waals surface area (Å²) in [6.07, 6.45) is 12.2. The topological polar surface area (TPSA) is 61.3 Å². The monoisotopic (exact) mass is 575 g/mol. The van der Waals surface area contributed by atoms with Crippen LogP contribution in [0.15, 0.2) is 61.2 Å². The molecule has 0 spiro atoms. The summed E-state index contributed by atoms with van der Waals surface area (Å²) >= 11 is 0. The summed E-state index contributed by atoms with van der Waals surface area (Å²) in [5.41, 5.74) is 4.27. The van der Waals surface area contributed by atoms with E-state index >= 15 is 0 Å². The number of rotatable bonds is 12. The van der Waals surface area contributed by atoms with Gasteiger partial charge in [-0.25, -0.2) is 0 Å². The van der Waals surface area contributed by atoms with Crippen LogP contribution in [-0.4, -0.2) is 18.5 Å². The number of hydrogen-bond donors (Lipinski definition) is 1. The molecule has 1 fully saturated rings. The van der Waals surface area contributed by atoms with Gasteiger partial charge in [-0.15, -0.1) is 0 Å². The van der Waals surface area contributed by atoms with Crippen molar-refractivity contribution in [1.82, 2.24) is 6.15 Å². The van der Waals surface area contributed by atoms with E-state index in [0.29, 0.717) is 6.61 Å². The van der Waals surface area contributed by atoms with Gasteiger partial charge in [0.05, 0.1) is 0 Å². The van der Waals surface area contributed by atoms with E-state index in [-0.39, 0.29) is 34.8 Å². The number of ketones is 1. The lowest BCUT2D eigenvalue weighted by Crippen LogP contribution is -2.27. The van der Waals surface area contributed by atoms with Crippen molar-refractivity contribution in [3.8, 4) is 11.8 Å². The Morgan fingerprint density at radius 1 is 1.02 bits per heavy atom. The highest BCUT2D eigenvalue weighted by molar-refractivity contribution is 6.92. The van der Waals surface area contributed by atoms with Crippen LogP contribution in [0.2, 0.25) is 0 Å². The summed E-state index contributed by atoms with van der Waals surface area (Å²) in [6, 6.07) is 8.63. The molecule has 0 heterocycles. The minimum Gasteiger partial charge on any atom is -0.365 e. The number of carbonyl (C=O) groups excluding carboxylic acids is 1. The number of benzene rings is 1. The Morgan fingerprint density at radius 2 is 1.55 bits per heavy atom. The molecule has 1 aromatic carbocycles. The van der Waals surface area contributed by atoms with Gasteiger partial charge < -0.3 is 10.9 Å². The molecule has 3 nitrogen and oxygen atoms in total.